The molecule has 0 bridgehead atoms. The number of pyridine rings is 1. The highest BCUT2D eigenvalue weighted by Gasteiger charge is 2.30. The maximum Gasteiger partial charge on any atom is 0.416 e. The molecule has 5 nitrogen and oxygen atoms in total. The van der Waals surface area contributed by atoms with Crippen LogP contribution in [-0.4, -0.2) is 29.9 Å². The van der Waals surface area contributed by atoms with Gasteiger partial charge in [0.05, 0.1) is 29.5 Å². The number of carbonyl (C=O) groups excluding carboxylic acids is 1. The van der Waals surface area contributed by atoms with E-state index in [9.17, 15) is 18.0 Å². The Hall–Kier alpha value is -3.42. The first-order chi connectivity index (χ1) is 14.3. The van der Waals surface area contributed by atoms with Gasteiger partial charge >= 0.3 is 12.1 Å². The third kappa shape index (κ3) is 5.56. The molecule has 0 N–H and O–H groups in total. The van der Waals surface area contributed by atoms with Crippen molar-refractivity contribution in [2.75, 3.05) is 6.61 Å². The zero-order chi connectivity index (χ0) is 21.6. The number of halogens is 3. The minimum absolute atomic E-state index is 0.0480. The number of oxime groups is 1. The Morgan fingerprint density at radius 2 is 1.87 bits per heavy atom. The molecule has 0 aliphatic carbocycles. The van der Waals surface area contributed by atoms with Gasteiger partial charge in [0, 0.05) is 23.6 Å². The van der Waals surface area contributed by atoms with E-state index in [-0.39, 0.29) is 18.3 Å². The first-order valence-corrected chi connectivity index (χ1v) is 9.22. The fourth-order valence-electron chi connectivity index (χ4n) is 2.67. The largest absolute Gasteiger partial charge is 0.462 e. The Morgan fingerprint density at radius 1 is 1.13 bits per heavy atom. The van der Waals surface area contributed by atoms with Gasteiger partial charge in [-0.15, -0.1) is 0 Å². The molecule has 2 aromatic carbocycles. The molecule has 0 radical (unpaired) electrons. The van der Waals surface area contributed by atoms with Crippen LogP contribution in [0.5, 0.6) is 0 Å². The van der Waals surface area contributed by atoms with Crippen LogP contribution in [0.4, 0.5) is 13.2 Å². The molecule has 0 fully saturated rings. The van der Waals surface area contributed by atoms with Gasteiger partial charge in [-0.1, -0.05) is 29.4 Å². The Balaban J connectivity index is 1.46. The molecule has 0 saturated heterocycles. The predicted octanol–water partition coefficient (Wildman–Crippen LogP) is 5.24. The Morgan fingerprint density at radius 3 is 2.60 bits per heavy atom. The molecule has 1 unspecified atom stereocenters. The zero-order valence-electron chi connectivity index (χ0n) is 16.1. The summed E-state index contributed by atoms with van der Waals surface area (Å²) < 4.78 is 42.7. The van der Waals surface area contributed by atoms with E-state index < -0.39 is 17.7 Å². The number of carbonyl (C=O) groups is 1. The average molecular weight is 416 g/mol. The number of rotatable bonds is 7. The first-order valence-electron chi connectivity index (χ1n) is 9.22. The van der Waals surface area contributed by atoms with Crippen molar-refractivity contribution in [2.45, 2.75) is 25.6 Å². The molecule has 8 heteroatoms. The fourth-order valence-corrected chi connectivity index (χ4v) is 2.67. The maximum absolute atomic E-state index is 12.6. The smallest absolute Gasteiger partial charge is 0.416 e. The highest BCUT2D eigenvalue weighted by molar-refractivity contribution is 5.97. The number of benzene rings is 2. The standard InChI is InChI=1S/C22H19F3N2O3/c1-15(30-27-14-18-5-2-4-16-6-3-12-26-20(16)18)11-13-29-21(28)17-7-9-19(10-8-17)22(23,24)25/h2-10,12,14-15H,11,13H2,1H3/b27-14+. The molecular weight excluding hydrogens is 397 g/mol. The number of hydrogen-bond acceptors (Lipinski definition) is 5. The second-order valence-corrected chi connectivity index (χ2v) is 6.57. The lowest BCUT2D eigenvalue weighted by atomic mass is 10.1. The van der Waals surface area contributed by atoms with Crippen LogP contribution in [0.3, 0.4) is 0 Å². The van der Waals surface area contributed by atoms with E-state index in [1.54, 1.807) is 19.3 Å². The number of aromatic nitrogens is 1. The van der Waals surface area contributed by atoms with Gasteiger partial charge < -0.3 is 9.57 Å². The van der Waals surface area contributed by atoms with Crippen LogP contribution in [0, 0.1) is 0 Å². The third-order valence-corrected chi connectivity index (χ3v) is 4.30. The zero-order valence-corrected chi connectivity index (χ0v) is 16.1. The molecule has 0 amide bonds. The molecule has 1 aromatic heterocycles. The van der Waals surface area contributed by atoms with Gasteiger partial charge in [-0.25, -0.2) is 4.79 Å². The third-order valence-electron chi connectivity index (χ3n) is 4.30. The summed E-state index contributed by atoms with van der Waals surface area (Å²) in [6.45, 7) is 1.82. The predicted molar refractivity (Wildman–Crippen MR) is 106 cm³/mol. The van der Waals surface area contributed by atoms with Crippen LogP contribution >= 0.6 is 0 Å². The molecule has 156 valence electrons. The maximum atomic E-state index is 12.6. The average Bonchev–Trinajstić information content (AvgIpc) is 2.73. The minimum atomic E-state index is -4.45. The Kier molecular flexibility index (Phi) is 6.66. The second-order valence-electron chi connectivity index (χ2n) is 6.57. The Labute approximate surface area is 171 Å². The molecule has 0 spiro atoms. The lowest BCUT2D eigenvalue weighted by molar-refractivity contribution is -0.137. The second kappa shape index (κ2) is 9.39. The van der Waals surface area contributed by atoms with Crippen LogP contribution in [0.2, 0.25) is 0 Å². The monoisotopic (exact) mass is 416 g/mol. The summed E-state index contributed by atoms with van der Waals surface area (Å²) in [5.41, 5.74) is 0.859. The fraction of sp³-hybridized carbons (Fsp3) is 0.227. The van der Waals surface area contributed by atoms with Gasteiger partial charge in [0.1, 0.15) is 6.10 Å². The number of ether oxygens (including phenoxy) is 1. The molecular formula is C22H19F3N2O3. The highest BCUT2D eigenvalue weighted by atomic mass is 19.4. The van der Waals surface area contributed by atoms with Gasteiger partial charge in [0.15, 0.2) is 0 Å². The molecule has 1 heterocycles. The summed E-state index contributed by atoms with van der Waals surface area (Å²) in [4.78, 5) is 21.6. The van der Waals surface area contributed by atoms with E-state index in [2.05, 4.69) is 10.1 Å². The topological polar surface area (TPSA) is 60.8 Å². The number of alkyl halides is 3. The van der Waals surface area contributed by atoms with Crippen molar-refractivity contribution in [1.82, 2.24) is 4.98 Å². The van der Waals surface area contributed by atoms with E-state index >= 15 is 0 Å². The van der Waals surface area contributed by atoms with Crippen molar-refractivity contribution in [3.63, 3.8) is 0 Å². The van der Waals surface area contributed by atoms with E-state index in [0.717, 1.165) is 40.7 Å². The summed E-state index contributed by atoms with van der Waals surface area (Å²) in [6, 6.07) is 13.4. The van der Waals surface area contributed by atoms with Gasteiger partial charge in [0.2, 0.25) is 0 Å². The number of para-hydroxylation sites is 1. The van der Waals surface area contributed by atoms with Crippen molar-refractivity contribution in [2.24, 2.45) is 5.16 Å². The number of hydrogen-bond donors (Lipinski definition) is 0. The van der Waals surface area contributed by atoms with Gasteiger partial charge in [-0.2, -0.15) is 13.2 Å². The van der Waals surface area contributed by atoms with Crippen molar-refractivity contribution < 1.29 is 27.5 Å². The highest BCUT2D eigenvalue weighted by Crippen LogP contribution is 2.29. The van der Waals surface area contributed by atoms with Crippen molar-refractivity contribution in [3.8, 4) is 0 Å². The first kappa shape index (κ1) is 21.3. The number of esters is 1. The van der Waals surface area contributed by atoms with Crippen LogP contribution in [0.15, 0.2) is 65.9 Å². The van der Waals surface area contributed by atoms with Crippen LogP contribution in [0.25, 0.3) is 10.9 Å². The summed E-state index contributed by atoms with van der Waals surface area (Å²) in [5.74, 6) is -0.693. The lowest BCUT2D eigenvalue weighted by Crippen LogP contribution is -2.13. The molecule has 3 rings (SSSR count). The van der Waals surface area contributed by atoms with Crippen LogP contribution in [-0.2, 0) is 15.8 Å². The number of nitrogens with zero attached hydrogens (tertiary/aromatic N) is 2. The van der Waals surface area contributed by atoms with Crippen molar-refractivity contribution in [3.05, 3.63) is 77.5 Å². The molecule has 1 atom stereocenters. The summed E-state index contributed by atoms with van der Waals surface area (Å²) >= 11 is 0. The summed E-state index contributed by atoms with van der Waals surface area (Å²) in [7, 11) is 0. The van der Waals surface area contributed by atoms with Crippen molar-refractivity contribution >= 4 is 23.1 Å². The van der Waals surface area contributed by atoms with E-state index in [4.69, 9.17) is 9.57 Å². The van der Waals surface area contributed by atoms with Gasteiger partial charge in [-0.05, 0) is 37.3 Å². The van der Waals surface area contributed by atoms with E-state index in [0.29, 0.717) is 6.42 Å². The Bertz CT molecular complexity index is 1030. The molecule has 30 heavy (non-hydrogen) atoms. The van der Waals surface area contributed by atoms with Crippen molar-refractivity contribution in [1.29, 1.82) is 0 Å². The minimum Gasteiger partial charge on any atom is -0.462 e. The molecule has 0 aliphatic rings. The van der Waals surface area contributed by atoms with Gasteiger partial charge in [-0.3, -0.25) is 4.98 Å². The number of fused-ring (bicyclic) bond motifs is 1. The summed E-state index contributed by atoms with van der Waals surface area (Å²) in [6.07, 6.45) is -1.13. The van der Waals surface area contributed by atoms with Crippen LogP contribution in [0.1, 0.15) is 34.8 Å². The molecule has 0 aliphatic heterocycles. The molecule has 0 saturated carbocycles. The van der Waals surface area contributed by atoms with E-state index in [1.165, 1.54) is 0 Å². The quantitative estimate of drug-likeness (QED) is 0.300. The van der Waals surface area contributed by atoms with Gasteiger partial charge in [0.25, 0.3) is 0 Å². The SMILES string of the molecule is CC(CCOC(=O)c1ccc(C(F)(F)F)cc1)O/N=C/c1cccc2cccnc12. The summed E-state index contributed by atoms with van der Waals surface area (Å²) in [5, 5.41) is 4.96. The van der Waals surface area contributed by atoms with Crippen LogP contribution < -0.4 is 0 Å². The normalized spacial score (nSPS) is 12.8. The molecule has 3 aromatic rings. The van der Waals surface area contributed by atoms with E-state index in [1.807, 2.05) is 30.3 Å². The lowest BCUT2D eigenvalue weighted by Gasteiger charge is -2.11.